The van der Waals surface area contributed by atoms with Crippen LogP contribution in [-0.4, -0.2) is 27.3 Å². The average molecular weight is 402 g/mol. The Morgan fingerprint density at radius 2 is 2.11 bits per heavy atom. The van der Waals surface area contributed by atoms with Crippen LogP contribution < -0.4 is 16.4 Å². The lowest BCUT2D eigenvalue weighted by Gasteiger charge is -2.07. The number of anilines is 1. The van der Waals surface area contributed by atoms with Crippen molar-refractivity contribution in [3.8, 4) is 0 Å². The van der Waals surface area contributed by atoms with E-state index in [1.54, 1.807) is 11.4 Å². The molecule has 0 spiro atoms. The normalized spacial score (nSPS) is 13.4. The van der Waals surface area contributed by atoms with Crippen LogP contribution in [0.25, 0.3) is 11.1 Å². The highest BCUT2D eigenvalue weighted by atomic mass is 32.1. The number of nitrogens with one attached hydrogen (secondary N) is 2. The van der Waals surface area contributed by atoms with Gasteiger partial charge in [-0.3, -0.25) is 24.3 Å². The lowest BCUT2D eigenvalue weighted by atomic mass is 10.3. The first-order valence-electron chi connectivity index (χ1n) is 8.38. The molecule has 0 bridgehead atoms. The Kier molecular flexibility index (Phi) is 4.43. The second-order valence-electron chi connectivity index (χ2n) is 6.32. The van der Waals surface area contributed by atoms with Gasteiger partial charge in [0.2, 0.25) is 5.91 Å². The summed E-state index contributed by atoms with van der Waals surface area (Å²) in [5, 5.41) is 18.4. The fourth-order valence-electron chi connectivity index (χ4n) is 2.70. The first-order chi connectivity index (χ1) is 13.4. The van der Waals surface area contributed by atoms with Crippen LogP contribution in [0.5, 0.6) is 0 Å². The van der Waals surface area contributed by atoms with Gasteiger partial charge in [0.15, 0.2) is 5.58 Å². The topological polar surface area (TPSA) is 136 Å². The van der Waals surface area contributed by atoms with Gasteiger partial charge >= 0.3 is 5.76 Å². The molecule has 0 saturated heterocycles. The van der Waals surface area contributed by atoms with Gasteiger partial charge in [-0.2, -0.15) is 0 Å². The molecule has 4 rings (SSSR count). The monoisotopic (exact) mass is 402 g/mol. The number of nitro groups is 1. The molecule has 1 aromatic carbocycles. The molecule has 0 atom stereocenters. The van der Waals surface area contributed by atoms with Gasteiger partial charge in [-0.15, -0.1) is 11.3 Å². The highest BCUT2D eigenvalue weighted by Gasteiger charge is 2.25. The predicted octanol–water partition coefficient (Wildman–Crippen LogP) is 2.10. The average Bonchev–Trinajstić information content (AvgIpc) is 3.24. The first-order valence-corrected chi connectivity index (χ1v) is 9.26. The number of fused-ring (bicyclic) bond motifs is 1. The molecule has 0 radical (unpaired) electrons. The molecule has 144 valence electrons. The molecule has 28 heavy (non-hydrogen) atoms. The summed E-state index contributed by atoms with van der Waals surface area (Å²) in [6.45, 7) is -0.356. The van der Waals surface area contributed by atoms with Crippen LogP contribution in [0.2, 0.25) is 0 Å². The van der Waals surface area contributed by atoms with Gasteiger partial charge in [-0.05, 0) is 30.4 Å². The SMILES string of the molecule is O=C(Cn1c(=O)oc2cc([N+](=O)[O-])ccc21)Nc1sccc1C(=O)NC1CC1. The van der Waals surface area contributed by atoms with E-state index in [0.717, 1.165) is 23.5 Å². The van der Waals surface area contributed by atoms with Crippen molar-refractivity contribution in [2.75, 3.05) is 5.32 Å². The lowest BCUT2D eigenvalue weighted by molar-refractivity contribution is -0.384. The number of nitrogens with zero attached hydrogens (tertiary/aromatic N) is 2. The summed E-state index contributed by atoms with van der Waals surface area (Å²) in [6.07, 6.45) is 1.90. The summed E-state index contributed by atoms with van der Waals surface area (Å²) in [5.74, 6) is -1.58. The Labute approximate surface area is 160 Å². The molecule has 3 aromatic rings. The van der Waals surface area contributed by atoms with Crippen LogP contribution in [0, 0.1) is 10.1 Å². The molecule has 1 aliphatic carbocycles. The number of amides is 2. The van der Waals surface area contributed by atoms with Crippen molar-refractivity contribution in [3.05, 3.63) is 55.9 Å². The van der Waals surface area contributed by atoms with Crippen molar-refractivity contribution in [1.29, 1.82) is 0 Å². The summed E-state index contributed by atoms with van der Waals surface area (Å²) < 4.78 is 6.08. The van der Waals surface area contributed by atoms with E-state index in [-0.39, 0.29) is 35.3 Å². The highest BCUT2D eigenvalue weighted by Crippen LogP contribution is 2.26. The van der Waals surface area contributed by atoms with Gasteiger partial charge in [0, 0.05) is 12.1 Å². The summed E-state index contributed by atoms with van der Waals surface area (Å²) in [6, 6.07) is 5.52. The maximum absolute atomic E-state index is 12.4. The van der Waals surface area contributed by atoms with Crippen molar-refractivity contribution in [3.63, 3.8) is 0 Å². The number of oxazole rings is 1. The molecule has 10 nitrogen and oxygen atoms in total. The van der Waals surface area contributed by atoms with Gasteiger partial charge < -0.3 is 15.1 Å². The highest BCUT2D eigenvalue weighted by molar-refractivity contribution is 7.14. The third-order valence-electron chi connectivity index (χ3n) is 4.24. The summed E-state index contributed by atoms with van der Waals surface area (Å²) >= 11 is 1.20. The van der Waals surface area contributed by atoms with Crippen molar-refractivity contribution >= 4 is 44.9 Å². The van der Waals surface area contributed by atoms with Crippen molar-refractivity contribution in [2.45, 2.75) is 25.4 Å². The Morgan fingerprint density at radius 1 is 1.32 bits per heavy atom. The third kappa shape index (κ3) is 3.51. The zero-order valence-corrected chi connectivity index (χ0v) is 15.2. The quantitative estimate of drug-likeness (QED) is 0.478. The van der Waals surface area contributed by atoms with E-state index in [1.807, 2.05) is 0 Å². The maximum atomic E-state index is 12.4. The van der Waals surface area contributed by atoms with Crippen LogP contribution in [-0.2, 0) is 11.3 Å². The van der Waals surface area contributed by atoms with Gasteiger partial charge in [-0.25, -0.2) is 4.79 Å². The lowest BCUT2D eigenvalue weighted by Crippen LogP contribution is -2.28. The molecule has 1 fully saturated rings. The Hall–Kier alpha value is -3.47. The molecular weight excluding hydrogens is 388 g/mol. The smallest absolute Gasteiger partial charge is 0.407 e. The van der Waals surface area contributed by atoms with Gasteiger partial charge in [0.25, 0.3) is 11.6 Å². The largest absolute Gasteiger partial charge is 0.420 e. The number of aromatic nitrogens is 1. The van der Waals surface area contributed by atoms with Crippen LogP contribution >= 0.6 is 11.3 Å². The molecule has 1 saturated carbocycles. The van der Waals surface area contributed by atoms with Gasteiger partial charge in [0.05, 0.1) is 22.1 Å². The zero-order valence-electron chi connectivity index (χ0n) is 14.3. The minimum atomic E-state index is -0.802. The predicted molar refractivity (Wildman–Crippen MR) is 101 cm³/mol. The summed E-state index contributed by atoms with van der Waals surface area (Å²) in [4.78, 5) is 46.9. The molecule has 11 heteroatoms. The molecule has 2 heterocycles. The minimum absolute atomic E-state index is 0.0209. The van der Waals surface area contributed by atoms with Crippen LogP contribution in [0.15, 0.2) is 38.9 Å². The van der Waals surface area contributed by atoms with Gasteiger partial charge in [-0.1, -0.05) is 0 Å². The molecular formula is C17H14N4O6S. The van der Waals surface area contributed by atoms with Crippen molar-refractivity contribution in [2.24, 2.45) is 0 Å². The van der Waals surface area contributed by atoms with Gasteiger partial charge in [0.1, 0.15) is 11.5 Å². The van der Waals surface area contributed by atoms with E-state index >= 15 is 0 Å². The van der Waals surface area contributed by atoms with Crippen molar-refractivity contribution in [1.82, 2.24) is 9.88 Å². The molecule has 0 aliphatic heterocycles. The number of benzene rings is 1. The molecule has 0 unspecified atom stereocenters. The second-order valence-corrected chi connectivity index (χ2v) is 7.24. The standard InChI is InChI=1S/C17H14N4O6S/c22-14(19-16-11(5-6-28-16)15(23)18-9-1-2-9)8-20-12-4-3-10(21(25)26)7-13(12)27-17(20)24/h3-7,9H,1-2,8H2,(H,18,23)(H,19,22). The number of carbonyl (C=O) groups excluding carboxylic acids is 2. The van der Waals surface area contributed by atoms with E-state index in [0.29, 0.717) is 10.6 Å². The maximum Gasteiger partial charge on any atom is 0.420 e. The Morgan fingerprint density at radius 3 is 2.82 bits per heavy atom. The number of nitro benzene ring substituents is 1. The molecule has 2 N–H and O–H groups in total. The number of rotatable bonds is 6. The van der Waals surface area contributed by atoms with E-state index < -0.39 is 16.6 Å². The Balaban J connectivity index is 1.52. The van der Waals surface area contributed by atoms with Crippen LogP contribution in [0.3, 0.4) is 0 Å². The van der Waals surface area contributed by atoms with E-state index in [4.69, 9.17) is 4.42 Å². The first kappa shape index (κ1) is 17.9. The fourth-order valence-corrected chi connectivity index (χ4v) is 3.50. The fraction of sp³-hybridized carbons (Fsp3) is 0.235. The van der Waals surface area contributed by atoms with Crippen molar-refractivity contribution < 1.29 is 18.9 Å². The number of hydrogen-bond acceptors (Lipinski definition) is 7. The number of non-ortho nitro benzene ring substituents is 1. The van der Waals surface area contributed by atoms with E-state index in [9.17, 15) is 24.5 Å². The Bertz CT molecular complexity index is 1160. The molecule has 2 aromatic heterocycles. The van der Waals surface area contributed by atoms with Crippen LogP contribution in [0.1, 0.15) is 23.2 Å². The second kappa shape index (κ2) is 6.93. The van der Waals surface area contributed by atoms with E-state index in [2.05, 4.69) is 10.6 Å². The van der Waals surface area contributed by atoms with Crippen LogP contribution in [0.4, 0.5) is 10.7 Å². The zero-order chi connectivity index (χ0) is 19.8. The summed E-state index contributed by atoms with van der Waals surface area (Å²) in [5.41, 5.74) is 0.435. The molecule has 2 amide bonds. The third-order valence-corrected chi connectivity index (χ3v) is 5.07. The minimum Gasteiger partial charge on any atom is -0.407 e. The summed E-state index contributed by atoms with van der Waals surface area (Å²) in [7, 11) is 0. The number of thiophene rings is 1. The number of carbonyl (C=O) groups is 2. The number of hydrogen-bond donors (Lipinski definition) is 2. The molecule has 1 aliphatic rings. The van der Waals surface area contributed by atoms with E-state index in [1.165, 1.54) is 23.5 Å².